The summed E-state index contributed by atoms with van der Waals surface area (Å²) >= 11 is 0. The number of hydrogen-bond acceptors (Lipinski definition) is 4. The molecular weight excluding hydrogens is 204 g/mol. The molecule has 0 fully saturated rings. The van der Waals surface area contributed by atoms with E-state index >= 15 is 0 Å². The standard InChI is InChI=1S/C12H14N2O2/c1-16-12(15)9-6-7-13-11(8-9)14-10-4-2-3-5-10/h2-3,6-8,10H,4-5H2,1H3,(H,13,14). The minimum atomic E-state index is -0.338. The zero-order valence-corrected chi connectivity index (χ0v) is 9.14. The summed E-state index contributed by atoms with van der Waals surface area (Å²) in [5.74, 6) is 0.381. The monoisotopic (exact) mass is 218 g/mol. The minimum absolute atomic E-state index is 0.338. The van der Waals surface area contributed by atoms with E-state index in [4.69, 9.17) is 0 Å². The van der Waals surface area contributed by atoms with E-state index in [1.54, 1.807) is 18.3 Å². The molecular formula is C12H14N2O2. The molecule has 2 rings (SSSR count). The summed E-state index contributed by atoms with van der Waals surface area (Å²) in [5, 5.41) is 3.28. The topological polar surface area (TPSA) is 51.2 Å². The molecule has 84 valence electrons. The van der Waals surface area contributed by atoms with E-state index in [0.717, 1.165) is 18.7 Å². The van der Waals surface area contributed by atoms with Gasteiger partial charge >= 0.3 is 5.97 Å². The predicted octanol–water partition coefficient (Wildman–Crippen LogP) is 2.00. The van der Waals surface area contributed by atoms with Crippen LogP contribution in [0.5, 0.6) is 0 Å². The van der Waals surface area contributed by atoms with Crippen LogP contribution in [0.1, 0.15) is 23.2 Å². The average molecular weight is 218 g/mol. The summed E-state index contributed by atoms with van der Waals surface area (Å²) in [4.78, 5) is 15.5. The van der Waals surface area contributed by atoms with Gasteiger partial charge in [0.2, 0.25) is 0 Å². The van der Waals surface area contributed by atoms with E-state index in [9.17, 15) is 4.79 Å². The Bertz CT molecular complexity index is 407. The molecule has 4 nitrogen and oxygen atoms in total. The number of methoxy groups -OCH3 is 1. The Morgan fingerprint density at radius 1 is 1.50 bits per heavy atom. The molecule has 0 saturated carbocycles. The van der Waals surface area contributed by atoms with Crippen molar-refractivity contribution in [1.29, 1.82) is 0 Å². The van der Waals surface area contributed by atoms with Gasteiger partial charge in [-0.25, -0.2) is 9.78 Å². The third-order valence-electron chi connectivity index (χ3n) is 2.54. The van der Waals surface area contributed by atoms with Gasteiger partial charge in [0.1, 0.15) is 5.82 Å². The van der Waals surface area contributed by atoms with Crippen LogP contribution in [0, 0.1) is 0 Å². The molecule has 0 atom stereocenters. The number of pyridine rings is 1. The van der Waals surface area contributed by atoms with Crippen molar-refractivity contribution in [2.75, 3.05) is 12.4 Å². The van der Waals surface area contributed by atoms with E-state index in [1.165, 1.54) is 7.11 Å². The summed E-state index contributed by atoms with van der Waals surface area (Å²) in [5.41, 5.74) is 0.519. The van der Waals surface area contributed by atoms with E-state index < -0.39 is 0 Å². The van der Waals surface area contributed by atoms with Gasteiger partial charge in [0.25, 0.3) is 0 Å². The van der Waals surface area contributed by atoms with Gasteiger partial charge in [0, 0.05) is 12.2 Å². The zero-order valence-electron chi connectivity index (χ0n) is 9.14. The zero-order chi connectivity index (χ0) is 11.4. The van der Waals surface area contributed by atoms with Crippen molar-refractivity contribution < 1.29 is 9.53 Å². The summed E-state index contributed by atoms with van der Waals surface area (Å²) in [6, 6.07) is 3.74. The lowest BCUT2D eigenvalue weighted by Crippen LogP contribution is -2.16. The first-order valence-electron chi connectivity index (χ1n) is 5.25. The third kappa shape index (κ3) is 2.39. The van der Waals surface area contributed by atoms with Gasteiger partial charge in [0.15, 0.2) is 0 Å². The van der Waals surface area contributed by atoms with Crippen molar-refractivity contribution >= 4 is 11.8 Å². The van der Waals surface area contributed by atoms with Crippen LogP contribution in [0.25, 0.3) is 0 Å². The number of hydrogen-bond donors (Lipinski definition) is 1. The van der Waals surface area contributed by atoms with Gasteiger partial charge in [0.05, 0.1) is 12.7 Å². The Balaban J connectivity index is 2.06. The molecule has 1 aliphatic rings. The predicted molar refractivity (Wildman–Crippen MR) is 61.4 cm³/mol. The van der Waals surface area contributed by atoms with Crippen molar-refractivity contribution in [2.45, 2.75) is 18.9 Å². The molecule has 0 aromatic carbocycles. The Kier molecular flexibility index (Phi) is 3.19. The molecule has 4 heteroatoms. The normalized spacial score (nSPS) is 15.1. The highest BCUT2D eigenvalue weighted by Crippen LogP contribution is 2.16. The Labute approximate surface area is 94.3 Å². The Hall–Kier alpha value is -1.84. The number of nitrogens with zero attached hydrogens (tertiary/aromatic N) is 1. The van der Waals surface area contributed by atoms with Crippen molar-refractivity contribution in [3.63, 3.8) is 0 Å². The lowest BCUT2D eigenvalue weighted by Gasteiger charge is -2.12. The molecule has 1 aliphatic carbocycles. The Morgan fingerprint density at radius 3 is 2.94 bits per heavy atom. The van der Waals surface area contributed by atoms with Gasteiger partial charge in [-0.15, -0.1) is 0 Å². The smallest absolute Gasteiger partial charge is 0.338 e. The molecule has 1 heterocycles. The first-order chi connectivity index (χ1) is 7.79. The summed E-state index contributed by atoms with van der Waals surface area (Å²) < 4.78 is 4.65. The Morgan fingerprint density at radius 2 is 2.25 bits per heavy atom. The molecule has 0 radical (unpaired) electrons. The van der Waals surface area contributed by atoms with E-state index in [1.807, 2.05) is 0 Å². The molecule has 16 heavy (non-hydrogen) atoms. The van der Waals surface area contributed by atoms with Crippen LogP contribution >= 0.6 is 0 Å². The highest BCUT2D eigenvalue weighted by atomic mass is 16.5. The number of carbonyl (C=O) groups excluding carboxylic acids is 1. The van der Waals surface area contributed by atoms with Crippen molar-refractivity contribution in [1.82, 2.24) is 4.98 Å². The van der Waals surface area contributed by atoms with Gasteiger partial charge in [-0.3, -0.25) is 0 Å². The highest BCUT2D eigenvalue weighted by Gasteiger charge is 2.12. The van der Waals surface area contributed by atoms with Gasteiger partial charge in [-0.2, -0.15) is 0 Å². The summed E-state index contributed by atoms with van der Waals surface area (Å²) in [6.07, 6.45) is 7.90. The van der Waals surface area contributed by atoms with Crippen LogP contribution in [0.4, 0.5) is 5.82 Å². The molecule has 0 saturated heterocycles. The number of nitrogens with one attached hydrogen (secondary N) is 1. The maximum atomic E-state index is 11.3. The lowest BCUT2D eigenvalue weighted by atomic mass is 10.2. The van der Waals surface area contributed by atoms with Gasteiger partial charge in [-0.1, -0.05) is 12.2 Å². The molecule has 1 aromatic heterocycles. The van der Waals surface area contributed by atoms with Gasteiger partial charge < -0.3 is 10.1 Å². The van der Waals surface area contributed by atoms with Crippen LogP contribution in [0.3, 0.4) is 0 Å². The number of anilines is 1. The SMILES string of the molecule is COC(=O)c1ccnc(NC2CC=CC2)c1. The fraction of sp³-hybridized carbons (Fsp3) is 0.333. The van der Waals surface area contributed by atoms with E-state index in [-0.39, 0.29) is 5.97 Å². The van der Waals surface area contributed by atoms with Gasteiger partial charge in [-0.05, 0) is 25.0 Å². The van der Waals surface area contributed by atoms with Crippen LogP contribution in [-0.4, -0.2) is 24.1 Å². The summed E-state index contributed by atoms with van der Waals surface area (Å²) in [6.45, 7) is 0. The lowest BCUT2D eigenvalue weighted by molar-refractivity contribution is 0.0600. The molecule has 0 spiro atoms. The maximum absolute atomic E-state index is 11.3. The molecule has 1 N–H and O–H groups in total. The molecule has 0 amide bonds. The number of carbonyl (C=O) groups is 1. The molecule has 0 aliphatic heterocycles. The molecule has 0 bridgehead atoms. The number of rotatable bonds is 3. The third-order valence-corrected chi connectivity index (χ3v) is 2.54. The number of ether oxygens (including phenoxy) is 1. The fourth-order valence-corrected chi connectivity index (χ4v) is 1.70. The quantitative estimate of drug-likeness (QED) is 0.622. The van der Waals surface area contributed by atoms with Crippen LogP contribution in [0.2, 0.25) is 0 Å². The highest BCUT2D eigenvalue weighted by molar-refractivity contribution is 5.89. The second-order valence-electron chi connectivity index (χ2n) is 3.71. The van der Waals surface area contributed by atoms with Crippen LogP contribution in [-0.2, 0) is 4.74 Å². The van der Waals surface area contributed by atoms with Crippen molar-refractivity contribution in [3.8, 4) is 0 Å². The first kappa shape index (κ1) is 10.7. The fourth-order valence-electron chi connectivity index (χ4n) is 1.70. The average Bonchev–Trinajstić information content (AvgIpc) is 2.81. The summed E-state index contributed by atoms with van der Waals surface area (Å²) in [7, 11) is 1.37. The van der Waals surface area contributed by atoms with Crippen molar-refractivity contribution in [3.05, 3.63) is 36.0 Å². The van der Waals surface area contributed by atoms with E-state index in [0.29, 0.717) is 11.6 Å². The van der Waals surface area contributed by atoms with Crippen LogP contribution in [0.15, 0.2) is 30.5 Å². The molecule has 0 unspecified atom stereocenters. The number of aromatic nitrogens is 1. The largest absolute Gasteiger partial charge is 0.465 e. The maximum Gasteiger partial charge on any atom is 0.338 e. The molecule has 1 aromatic rings. The van der Waals surface area contributed by atoms with Crippen LogP contribution < -0.4 is 5.32 Å². The van der Waals surface area contributed by atoms with E-state index in [2.05, 4.69) is 27.2 Å². The van der Waals surface area contributed by atoms with Crippen molar-refractivity contribution in [2.24, 2.45) is 0 Å². The number of esters is 1. The second kappa shape index (κ2) is 4.79. The first-order valence-corrected chi connectivity index (χ1v) is 5.25. The minimum Gasteiger partial charge on any atom is -0.465 e. The second-order valence-corrected chi connectivity index (χ2v) is 3.71.